The Hall–Kier alpha value is -6.78. The number of carbonyl (C=O) groups excluding carboxylic acids is 8. The maximum absolute atomic E-state index is 13.4. The van der Waals surface area contributed by atoms with Gasteiger partial charge >= 0.3 is 6.09 Å². The summed E-state index contributed by atoms with van der Waals surface area (Å²) in [5.74, 6) is -5.91. The molecule has 0 saturated heterocycles. The van der Waals surface area contributed by atoms with Crippen molar-refractivity contribution in [1.82, 2.24) is 36.9 Å². The second-order valence-electron chi connectivity index (χ2n) is 13.3. The molecule has 0 aliphatic carbocycles. The van der Waals surface area contributed by atoms with Crippen molar-refractivity contribution in [3.8, 4) is 0 Å². The highest BCUT2D eigenvalue weighted by molar-refractivity contribution is 5.96. The number of aromatic nitrogens is 1. The number of nitrogens with two attached hydrogens (primary N) is 4. The SMILES string of the molecule is C[C@H](NC(=O)[C@@H](NC(=O)[C@H](CCC(N)=O)NC(=O)OCc1ccccc1)[C@@H](C)O)C(=O)N[C@@H](CCCN=C(N)N)C(=O)N[C@@H](CCCCNC(=O)c1cnco1)C(N)=O. The first kappa shape index (κ1) is 48.4. The molecule has 0 saturated carbocycles. The number of primary amides is 2. The summed E-state index contributed by atoms with van der Waals surface area (Å²) in [5, 5.41) is 25.1. The van der Waals surface area contributed by atoms with Crippen LogP contribution < -0.4 is 54.8 Å². The van der Waals surface area contributed by atoms with Crippen LogP contribution in [0, 0.1) is 0 Å². The minimum atomic E-state index is -1.67. The van der Waals surface area contributed by atoms with Crippen molar-refractivity contribution in [2.45, 2.75) is 102 Å². The lowest BCUT2D eigenvalue weighted by atomic mass is 10.1. The summed E-state index contributed by atoms with van der Waals surface area (Å²) in [6.07, 6.45) is 0.271. The topological polar surface area (TPSA) is 381 Å². The third kappa shape index (κ3) is 18.8. The monoisotopic (exact) mass is 830 g/mol. The van der Waals surface area contributed by atoms with Crippen LogP contribution in [0.3, 0.4) is 0 Å². The molecule has 1 aromatic carbocycles. The third-order valence-corrected chi connectivity index (χ3v) is 8.41. The number of benzene rings is 1. The number of unbranched alkanes of at least 4 members (excludes halogenated alkanes) is 1. The van der Waals surface area contributed by atoms with E-state index in [-0.39, 0.29) is 63.5 Å². The summed E-state index contributed by atoms with van der Waals surface area (Å²) < 4.78 is 10.1. The molecule has 0 spiro atoms. The van der Waals surface area contributed by atoms with Crippen molar-refractivity contribution in [3.63, 3.8) is 0 Å². The van der Waals surface area contributed by atoms with Gasteiger partial charge in [0, 0.05) is 19.5 Å². The van der Waals surface area contributed by atoms with E-state index >= 15 is 0 Å². The zero-order valence-electron chi connectivity index (χ0n) is 32.8. The summed E-state index contributed by atoms with van der Waals surface area (Å²) in [5.41, 5.74) is 22.2. The predicted molar refractivity (Wildman–Crippen MR) is 209 cm³/mol. The number of nitrogens with zero attached hydrogens (tertiary/aromatic N) is 2. The molecule has 15 N–H and O–H groups in total. The second kappa shape index (κ2) is 25.5. The quantitative estimate of drug-likeness (QED) is 0.0256. The molecule has 2 rings (SSSR count). The smallest absolute Gasteiger partial charge is 0.408 e. The molecule has 0 aliphatic rings. The van der Waals surface area contributed by atoms with Gasteiger partial charge in [0.2, 0.25) is 41.2 Å². The van der Waals surface area contributed by atoms with Gasteiger partial charge in [-0.2, -0.15) is 0 Å². The molecular formula is C36H54N12O11. The highest BCUT2D eigenvalue weighted by Crippen LogP contribution is 2.07. The number of amides is 8. The molecule has 1 heterocycles. The van der Waals surface area contributed by atoms with E-state index in [2.05, 4.69) is 41.9 Å². The van der Waals surface area contributed by atoms with Crippen LogP contribution in [-0.2, 0) is 40.1 Å². The zero-order chi connectivity index (χ0) is 43.9. The average Bonchev–Trinajstić information content (AvgIpc) is 3.73. The van der Waals surface area contributed by atoms with E-state index in [0.29, 0.717) is 18.4 Å². The Morgan fingerprint density at radius 3 is 2.03 bits per heavy atom. The summed E-state index contributed by atoms with van der Waals surface area (Å²) in [6, 6.07) is 1.79. The van der Waals surface area contributed by atoms with E-state index in [1.165, 1.54) is 20.0 Å². The Morgan fingerprint density at radius 2 is 1.42 bits per heavy atom. The number of alkyl carbamates (subject to hydrolysis) is 1. The first-order chi connectivity index (χ1) is 28.0. The van der Waals surface area contributed by atoms with Crippen LogP contribution in [0.2, 0.25) is 0 Å². The molecule has 2 aromatic rings. The predicted octanol–water partition coefficient (Wildman–Crippen LogP) is -2.99. The summed E-state index contributed by atoms with van der Waals surface area (Å²) in [7, 11) is 0. The van der Waals surface area contributed by atoms with E-state index in [4.69, 9.17) is 32.1 Å². The fourth-order valence-electron chi connectivity index (χ4n) is 5.21. The lowest BCUT2D eigenvalue weighted by Gasteiger charge is -2.26. The second-order valence-corrected chi connectivity index (χ2v) is 13.3. The van der Waals surface area contributed by atoms with Crippen LogP contribution >= 0.6 is 0 Å². The minimum Gasteiger partial charge on any atom is -0.445 e. The van der Waals surface area contributed by atoms with Crippen molar-refractivity contribution in [2.75, 3.05) is 13.1 Å². The molecule has 1 aromatic heterocycles. The number of aliphatic imine (C=N–C) groups is 1. The number of carbonyl (C=O) groups is 8. The van der Waals surface area contributed by atoms with Gasteiger partial charge in [-0.15, -0.1) is 0 Å². The molecular weight excluding hydrogens is 776 g/mol. The molecule has 23 heteroatoms. The molecule has 6 atom stereocenters. The summed E-state index contributed by atoms with van der Waals surface area (Å²) >= 11 is 0. The Bertz CT molecular complexity index is 1740. The molecule has 0 fully saturated rings. The van der Waals surface area contributed by atoms with Gasteiger partial charge in [0.1, 0.15) is 36.8 Å². The normalized spacial score (nSPS) is 13.7. The highest BCUT2D eigenvalue weighted by atomic mass is 16.5. The lowest BCUT2D eigenvalue weighted by molar-refractivity contribution is -0.135. The number of aliphatic hydroxyl groups is 1. The number of aliphatic hydroxyl groups excluding tert-OH is 1. The van der Waals surface area contributed by atoms with Gasteiger partial charge < -0.3 is 69.1 Å². The van der Waals surface area contributed by atoms with Crippen molar-refractivity contribution in [3.05, 3.63) is 54.2 Å². The third-order valence-electron chi connectivity index (χ3n) is 8.41. The van der Waals surface area contributed by atoms with Crippen LogP contribution in [0.5, 0.6) is 0 Å². The number of hydrogen-bond acceptors (Lipinski definition) is 13. The van der Waals surface area contributed by atoms with Crippen LogP contribution in [-0.4, -0.2) is 113 Å². The van der Waals surface area contributed by atoms with E-state index in [1.54, 1.807) is 30.3 Å². The highest BCUT2D eigenvalue weighted by Gasteiger charge is 2.33. The standard InChI is InChI=1S/C36H54N12O11/c1-20(44-34(56)28(21(2)49)48-32(54)25(13-14-27(37)50)47-36(57)58-18-22-9-4-3-5-10-22)30(52)46-24(12-8-16-43-35(39)40)31(53)45-23(29(38)51)11-6-7-15-42-33(55)26-17-41-19-59-26/h3-5,9-10,17,19-21,23-25,28,49H,6-8,11-16,18H2,1-2H3,(H2,37,50)(H2,38,51)(H,42,55)(H,44,56)(H,45,53)(H,46,52)(H,47,57)(H,48,54)(H4,39,40,43)/t20-,21+,23-,24-,25-,28-/m0/s1. The molecule has 0 unspecified atom stereocenters. The van der Waals surface area contributed by atoms with Crippen LogP contribution in [0.25, 0.3) is 0 Å². The Balaban J connectivity index is 2.06. The van der Waals surface area contributed by atoms with Crippen LogP contribution in [0.1, 0.15) is 74.9 Å². The van der Waals surface area contributed by atoms with E-state index in [1.807, 2.05) is 0 Å². The van der Waals surface area contributed by atoms with Gasteiger partial charge in [0.15, 0.2) is 12.4 Å². The Kier molecular flexibility index (Phi) is 20.9. The molecule has 0 radical (unpaired) electrons. The molecule has 0 aliphatic heterocycles. The average molecular weight is 831 g/mol. The first-order valence-electron chi connectivity index (χ1n) is 18.6. The number of hydrogen-bond donors (Lipinski definition) is 11. The van der Waals surface area contributed by atoms with Crippen LogP contribution in [0.4, 0.5) is 4.79 Å². The summed E-state index contributed by atoms with van der Waals surface area (Å²) in [4.78, 5) is 109. The van der Waals surface area contributed by atoms with Gasteiger partial charge in [-0.25, -0.2) is 9.78 Å². The van der Waals surface area contributed by atoms with E-state index in [0.717, 1.165) is 6.39 Å². The van der Waals surface area contributed by atoms with Gasteiger partial charge in [0.25, 0.3) is 5.91 Å². The van der Waals surface area contributed by atoms with E-state index < -0.39 is 83.8 Å². The van der Waals surface area contributed by atoms with Gasteiger partial charge in [-0.05, 0) is 57.9 Å². The van der Waals surface area contributed by atoms with E-state index in [9.17, 15) is 43.5 Å². The van der Waals surface area contributed by atoms with Gasteiger partial charge in [0.05, 0.1) is 12.3 Å². The number of rotatable bonds is 26. The van der Waals surface area contributed by atoms with Crippen molar-refractivity contribution in [2.24, 2.45) is 27.9 Å². The largest absolute Gasteiger partial charge is 0.445 e. The fraction of sp³-hybridized carbons (Fsp3) is 0.500. The lowest BCUT2D eigenvalue weighted by Crippen LogP contribution is -2.60. The fourth-order valence-corrected chi connectivity index (χ4v) is 5.21. The maximum atomic E-state index is 13.4. The Morgan fingerprint density at radius 1 is 0.780 bits per heavy atom. The van der Waals surface area contributed by atoms with Crippen LogP contribution in [0.15, 0.2) is 52.3 Å². The molecule has 8 amide bonds. The molecule has 324 valence electrons. The Labute approximate surface area is 339 Å². The van der Waals surface area contributed by atoms with Gasteiger partial charge in [-0.3, -0.25) is 38.6 Å². The number of ether oxygens (including phenoxy) is 1. The summed E-state index contributed by atoms with van der Waals surface area (Å²) in [6.45, 7) is 2.64. The van der Waals surface area contributed by atoms with Crippen molar-refractivity contribution < 1.29 is 52.6 Å². The minimum absolute atomic E-state index is 0.0198. The first-order valence-corrected chi connectivity index (χ1v) is 18.6. The molecule has 0 bridgehead atoms. The number of guanidine groups is 1. The van der Waals surface area contributed by atoms with Crippen molar-refractivity contribution in [1.29, 1.82) is 0 Å². The number of nitrogens with one attached hydrogen (secondary N) is 6. The zero-order valence-corrected chi connectivity index (χ0v) is 32.8. The molecule has 59 heavy (non-hydrogen) atoms. The number of oxazole rings is 1. The van der Waals surface area contributed by atoms with Gasteiger partial charge in [-0.1, -0.05) is 30.3 Å². The molecule has 23 nitrogen and oxygen atoms in total. The van der Waals surface area contributed by atoms with Crippen molar-refractivity contribution >= 4 is 53.4 Å². The maximum Gasteiger partial charge on any atom is 0.408 e.